The largest absolute Gasteiger partial charge is 0.488 e. The van der Waals surface area contributed by atoms with Crippen molar-refractivity contribution < 1.29 is 14.5 Å². The van der Waals surface area contributed by atoms with Crippen LogP contribution in [-0.4, -0.2) is 10.8 Å². The van der Waals surface area contributed by atoms with E-state index in [1.54, 1.807) is 24.3 Å². The second-order valence-electron chi connectivity index (χ2n) is 6.36. The number of rotatable bonds is 7. The minimum Gasteiger partial charge on any atom is -0.488 e. The molecule has 31 heavy (non-hydrogen) atoms. The fourth-order valence-electron chi connectivity index (χ4n) is 2.68. The molecule has 0 atom stereocenters. The highest BCUT2D eigenvalue weighted by Gasteiger charge is 2.15. The molecule has 3 aromatic rings. The number of amides is 1. The first-order valence-electron chi connectivity index (χ1n) is 9.11. The third-order valence-corrected chi connectivity index (χ3v) is 4.55. The first-order valence-corrected chi connectivity index (χ1v) is 9.48. The SMILES string of the molecule is N#CC(=Cc1ccccc1OCc1ccccc1)C(=O)Nc1ccc([N+](=O)[O-])cc1Cl. The van der Waals surface area contributed by atoms with Gasteiger partial charge in [0.05, 0.1) is 15.6 Å². The smallest absolute Gasteiger partial charge is 0.271 e. The van der Waals surface area contributed by atoms with Gasteiger partial charge < -0.3 is 10.1 Å². The number of nitro groups is 1. The Bertz CT molecular complexity index is 1190. The maximum atomic E-state index is 12.6. The van der Waals surface area contributed by atoms with Crippen LogP contribution in [0.3, 0.4) is 0 Å². The number of nitrogens with zero attached hydrogens (tertiary/aromatic N) is 2. The zero-order chi connectivity index (χ0) is 22.2. The van der Waals surface area contributed by atoms with Crippen molar-refractivity contribution >= 4 is 35.0 Å². The molecule has 0 bridgehead atoms. The molecule has 1 N–H and O–H groups in total. The predicted molar refractivity (Wildman–Crippen MR) is 118 cm³/mol. The third-order valence-electron chi connectivity index (χ3n) is 4.23. The van der Waals surface area contributed by atoms with Crippen LogP contribution in [0.25, 0.3) is 6.08 Å². The van der Waals surface area contributed by atoms with E-state index in [1.165, 1.54) is 18.2 Å². The standard InChI is InChI=1S/C23H16ClN3O4/c24-20-13-19(27(29)30)10-11-21(20)26-23(28)18(14-25)12-17-8-4-5-9-22(17)31-15-16-6-2-1-3-7-16/h1-13H,15H2,(H,26,28). The number of hydrogen-bond donors (Lipinski definition) is 1. The van der Waals surface area contributed by atoms with Crippen molar-refractivity contribution in [2.45, 2.75) is 6.61 Å². The van der Waals surface area contributed by atoms with Gasteiger partial charge in [-0.1, -0.05) is 60.1 Å². The number of carbonyl (C=O) groups is 1. The highest BCUT2D eigenvalue weighted by Crippen LogP contribution is 2.27. The normalized spacial score (nSPS) is 10.8. The highest BCUT2D eigenvalue weighted by molar-refractivity contribution is 6.34. The first kappa shape index (κ1) is 21.6. The average molecular weight is 434 g/mol. The predicted octanol–water partition coefficient (Wildman–Crippen LogP) is 5.37. The van der Waals surface area contributed by atoms with E-state index in [2.05, 4.69) is 5.32 Å². The third kappa shape index (κ3) is 5.69. The van der Waals surface area contributed by atoms with Crippen LogP contribution in [-0.2, 0) is 11.4 Å². The van der Waals surface area contributed by atoms with Crippen LogP contribution in [0.4, 0.5) is 11.4 Å². The Labute approximate surface area is 183 Å². The second-order valence-corrected chi connectivity index (χ2v) is 6.76. The van der Waals surface area contributed by atoms with Gasteiger partial charge in [0.2, 0.25) is 0 Å². The Kier molecular flexibility index (Phi) is 6.99. The molecule has 0 spiro atoms. The molecule has 0 saturated heterocycles. The van der Waals surface area contributed by atoms with Crippen molar-refractivity contribution in [3.8, 4) is 11.8 Å². The highest BCUT2D eigenvalue weighted by atomic mass is 35.5. The van der Waals surface area contributed by atoms with E-state index in [9.17, 15) is 20.2 Å². The number of non-ortho nitro benzene ring substituents is 1. The van der Waals surface area contributed by atoms with Gasteiger partial charge >= 0.3 is 0 Å². The number of benzene rings is 3. The van der Waals surface area contributed by atoms with E-state index in [1.807, 2.05) is 36.4 Å². The van der Waals surface area contributed by atoms with Crippen LogP contribution in [0.1, 0.15) is 11.1 Å². The van der Waals surface area contributed by atoms with Gasteiger partial charge in [-0.25, -0.2) is 0 Å². The molecule has 0 radical (unpaired) electrons. The summed E-state index contributed by atoms with van der Waals surface area (Å²) in [7, 11) is 0. The molecule has 0 heterocycles. The lowest BCUT2D eigenvalue weighted by Gasteiger charge is -2.10. The molecule has 0 fully saturated rings. The summed E-state index contributed by atoms with van der Waals surface area (Å²) < 4.78 is 5.85. The number of nitriles is 1. The molecule has 0 unspecified atom stereocenters. The summed E-state index contributed by atoms with van der Waals surface area (Å²) in [5, 5.41) is 22.8. The average Bonchev–Trinajstić information content (AvgIpc) is 2.78. The Morgan fingerprint density at radius 2 is 1.84 bits per heavy atom. The van der Waals surface area contributed by atoms with E-state index in [0.29, 0.717) is 17.9 Å². The number of halogens is 1. The zero-order valence-electron chi connectivity index (χ0n) is 16.1. The number of para-hydroxylation sites is 1. The topological polar surface area (TPSA) is 105 Å². The van der Waals surface area contributed by atoms with E-state index < -0.39 is 10.8 Å². The van der Waals surface area contributed by atoms with Crippen molar-refractivity contribution in [3.05, 3.63) is 105 Å². The number of ether oxygens (including phenoxy) is 1. The van der Waals surface area contributed by atoms with Gasteiger partial charge in [0, 0.05) is 17.7 Å². The van der Waals surface area contributed by atoms with Crippen LogP contribution in [0, 0.1) is 21.4 Å². The Morgan fingerprint density at radius 1 is 1.13 bits per heavy atom. The molecule has 8 heteroatoms. The van der Waals surface area contributed by atoms with Gasteiger partial charge in [-0.3, -0.25) is 14.9 Å². The first-order chi connectivity index (χ1) is 15.0. The molecule has 0 saturated carbocycles. The summed E-state index contributed by atoms with van der Waals surface area (Å²) in [5.74, 6) is -0.184. The lowest BCUT2D eigenvalue weighted by Crippen LogP contribution is -2.14. The zero-order valence-corrected chi connectivity index (χ0v) is 16.9. The fourth-order valence-corrected chi connectivity index (χ4v) is 2.90. The summed E-state index contributed by atoms with van der Waals surface area (Å²) in [4.78, 5) is 22.8. The molecule has 0 aromatic heterocycles. The van der Waals surface area contributed by atoms with Gasteiger partial charge in [0.15, 0.2) is 0 Å². The molecule has 0 aliphatic heterocycles. The minimum absolute atomic E-state index is 0.00793. The van der Waals surface area contributed by atoms with Gasteiger partial charge in [-0.05, 0) is 23.8 Å². The van der Waals surface area contributed by atoms with Crippen molar-refractivity contribution in [1.82, 2.24) is 0 Å². The summed E-state index contributed by atoms with van der Waals surface area (Å²) >= 11 is 6.01. The summed E-state index contributed by atoms with van der Waals surface area (Å²) in [6, 6.07) is 22.1. The summed E-state index contributed by atoms with van der Waals surface area (Å²) in [6.07, 6.45) is 1.41. The van der Waals surface area contributed by atoms with Crippen LogP contribution >= 0.6 is 11.6 Å². The molecule has 0 aliphatic rings. The van der Waals surface area contributed by atoms with Crippen molar-refractivity contribution in [3.63, 3.8) is 0 Å². The molecule has 1 amide bonds. The van der Waals surface area contributed by atoms with Crippen molar-refractivity contribution in [2.75, 3.05) is 5.32 Å². The Hall–Kier alpha value is -4.15. The van der Waals surface area contributed by atoms with Crippen molar-refractivity contribution in [1.29, 1.82) is 5.26 Å². The molecule has 3 rings (SSSR count). The molecular formula is C23H16ClN3O4. The van der Waals surface area contributed by atoms with E-state index in [4.69, 9.17) is 16.3 Å². The second kappa shape index (κ2) is 10.1. The van der Waals surface area contributed by atoms with Crippen LogP contribution < -0.4 is 10.1 Å². The number of nitro benzene ring substituents is 1. The quantitative estimate of drug-likeness (QED) is 0.233. The minimum atomic E-state index is -0.698. The Balaban J connectivity index is 1.79. The molecular weight excluding hydrogens is 418 g/mol. The van der Waals surface area contributed by atoms with E-state index in [-0.39, 0.29) is 22.0 Å². The van der Waals surface area contributed by atoms with E-state index in [0.717, 1.165) is 11.6 Å². The molecule has 7 nitrogen and oxygen atoms in total. The number of carbonyl (C=O) groups excluding carboxylic acids is 1. The van der Waals surface area contributed by atoms with Gasteiger partial charge in [-0.15, -0.1) is 0 Å². The Morgan fingerprint density at radius 3 is 2.52 bits per heavy atom. The van der Waals surface area contributed by atoms with Crippen molar-refractivity contribution in [2.24, 2.45) is 0 Å². The number of anilines is 1. The van der Waals surface area contributed by atoms with Crippen LogP contribution in [0.2, 0.25) is 5.02 Å². The number of hydrogen-bond acceptors (Lipinski definition) is 5. The lowest BCUT2D eigenvalue weighted by atomic mass is 10.1. The molecule has 0 aliphatic carbocycles. The monoisotopic (exact) mass is 433 g/mol. The maximum absolute atomic E-state index is 12.6. The number of nitrogens with one attached hydrogen (secondary N) is 1. The maximum Gasteiger partial charge on any atom is 0.271 e. The van der Waals surface area contributed by atoms with Crippen LogP contribution in [0.5, 0.6) is 5.75 Å². The van der Waals surface area contributed by atoms with E-state index >= 15 is 0 Å². The summed E-state index contributed by atoms with van der Waals surface area (Å²) in [5.41, 5.74) is 1.31. The van der Waals surface area contributed by atoms with Gasteiger partial charge in [-0.2, -0.15) is 5.26 Å². The van der Waals surface area contributed by atoms with Gasteiger partial charge in [0.25, 0.3) is 11.6 Å². The van der Waals surface area contributed by atoms with Gasteiger partial charge in [0.1, 0.15) is 24.0 Å². The lowest BCUT2D eigenvalue weighted by molar-refractivity contribution is -0.384. The molecule has 154 valence electrons. The summed E-state index contributed by atoms with van der Waals surface area (Å²) in [6.45, 7) is 0.332. The molecule has 3 aromatic carbocycles. The van der Waals surface area contributed by atoms with Crippen LogP contribution in [0.15, 0.2) is 78.4 Å². The fraction of sp³-hybridized carbons (Fsp3) is 0.0435.